The highest BCUT2D eigenvalue weighted by atomic mass is 32.1. The Morgan fingerprint density at radius 3 is 2.78 bits per heavy atom. The van der Waals surface area contributed by atoms with Crippen molar-refractivity contribution in [2.75, 3.05) is 13.1 Å². The first-order valence-corrected chi connectivity index (χ1v) is 7.67. The lowest BCUT2D eigenvalue weighted by Crippen LogP contribution is -2.26. The average Bonchev–Trinajstić information content (AvgIpc) is 2.82. The van der Waals surface area contributed by atoms with E-state index in [0.717, 1.165) is 13.1 Å². The van der Waals surface area contributed by atoms with Gasteiger partial charge in [-0.2, -0.15) is 0 Å². The molecule has 2 aromatic rings. The molecule has 18 heavy (non-hydrogen) atoms. The first kappa shape index (κ1) is 12.1. The lowest BCUT2D eigenvalue weighted by atomic mass is 9.99. The fraction of sp³-hybridized carbons (Fsp3) is 0.533. The van der Waals surface area contributed by atoms with Crippen LogP contribution in [0.1, 0.15) is 49.1 Å². The van der Waals surface area contributed by atoms with E-state index in [1.165, 1.54) is 33.6 Å². The third kappa shape index (κ3) is 2.29. The first-order chi connectivity index (χ1) is 8.74. The molecular weight excluding hydrogens is 240 g/mol. The normalized spacial score (nSPS) is 17.7. The average molecular weight is 260 g/mol. The van der Waals surface area contributed by atoms with Crippen LogP contribution < -0.4 is 5.32 Å². The molecule has 2 nitrogen and oxygen atoms in total. The Hall–Kier alpha value is -0.930. The number of aromatic nitrogens is 1. The summed E-state index contributed by atoms with van der Waals surface area (Å²) in [5.74, 6) is 1.25. The Morgan fingerprint density at radius 1 is 1.28 bits per heavy atom. The molecule has 3 heteroatoms. The monoisotopic (exact) mass is 260 g/mol. The van der Waals surface area contributed by atoms with Crippen molar-refractivity contribution < 1.29 is 0 Å². The van der Waals surface area contributed by atoms with Gasteiger partial charge >= 0.3 is 0 Å². The van der Waals surface area contributed by atoms with Gasteiger partial charge in [-0.3, -0.25) is 0 Å². The van der Waals surface area contributed by atoms with Gasteiger partial charge in [0, 0.05) is 5.92 Å². The van der Waals surface area contributed by atoms with Crippen LogP contribution in [0.15, 0.2) is 18.2 Å². The molecule has 0 spiro atoms. The first-order valence-electron chi connectivity index (χ1n) is 6.85. The van der Waals surface area contributed by atoms with Crippen molar-refractivity contribution in [2.45, 2.75) is 38.5 Å². The van der Waals surface area contributed by atoms with Gasteiger partial charge in [-0.25, -0.2) is 4.98 Å². The second-order valence-electron chi connectivity index (χ2n) is 5.46. The van der Waals surface area contributed by atoms with Gasteiger partial charge in [0.05, 0.1) is 15.2 Å². The number of hydrogen-bond acceptors (Lipinski definition) is 3. The van der Waals surface area contributed by atoms with E-state index in [-0.39, 0.29) is 0 Å². The van der Waals surface area contributed by atoms with Crippen LogP contribution in [0.3, 0.4) is 0 Å². The summed E-state index contributed by atoms with van der Waals surface area (Å²) in [4.78, 5) is 4.87. The summed E-state index contributed by atoms with van der Waals surface area (Å²) in [6, 6.07) is 6.76. The summed E-state index contributed by atoms with van der Waals surface area (Å²) in [7, 11) is 0. The number of hydrogen-bond donors (Lipinski definition) is 1. The predicted octanol–water partition coefficient (Wildman–Crippen LogP) is 3.89. The second-order valence-corrected chi connectivity index (χ2v) is 6.52. The van der Waals surface area contributed by atoms with Gasteiger partial charge in [0.25, 0.3) is 0 Å². The molecule has 0 atom stereocenters. The molecule has 1 fully saturated rings. The van der Waals surface area contributed by atoms with Crippen molar-refractivity contribution in [3.8, 4) is 0 Å². The summed E-state index contributed by atoms with van der Waals surface area (Å²) >= 11 is 1.89. The molecule has 1 saturated heterocycles. The summed E-state index contributed by atoms with van der Waals surface area (Å²) in [6.45, 7) is 6.75. The van der Waals surface area contributed by atoms with Crippen molar-refractivity contribution in [1.29, 1.82) is 0 Å². The van der Waals surface area contributed by atoms with E-state index in [9.17, 15) is 0 Å². The Kier molecular flexibility index (Phi) is 3.35. The van der Waals surface area contributed by atoms with E-state index >= 15 is 0 Å². The Bertz CT molecular complexity index is 538. The van der Waals surface area contributed by atoms with Crippen LogP contribution in [0.4, 0.5) is 0 Å². The number of rotatable bonds is 2. The van der Waals surface area contributed by atoms with E-state index in [2.05, 4.69) is 37.4 Å². The number of thiazole rings is 1. The van der Waals surface area contributed by atoms with Crippen LogP contribution in [-0.4, -0.2) is 18.1 Å². The van der Waals surface area contributed by atoms with Crippen LogP contribution in [0.2, 0.25) is 0 Å². The third-order valence-corrected chi connectivity index (χ3v) is 4.98. The number of nitrogens with zero attached hydrogens (tertiary/aromatic N) is 1. The predicted molar refractivity (Wildman–Crippen MR) is 78.6 cm³/mol. The minimum absolute atomic E-state index is 0.582. The molecule has 1 aromatic heterocycles. The highest BCUT2D eigenvalue weighted by molar-refractivity contribution is 7.18. The maximum atomic E-state index is 4.87. The van der Waals surface area contributed by atoms with Crippen LogP contribution in [0.25, 0.3) is 10.2 Å². The lowest BCUT2D eigenvalue weighted by Gasteiger charge is -2.20. The standard InChI is InChI=1S/C15H20N2S/c1-10(2)12-3-4-14-13(9-12)17-15(18-14)11-5-7-16-8-6-11/h3-4,9-11,16H,5-8H2,1-2H3. The molecule has 0 bridgehead atoms. The summed E-state index contributed by atoms with van der Waals surface area (Å²) < 4.78 is 1.34. The highest BCUT2D eigenvalue weighted by Gasteiger charge is 2.19. The number of nitrogens with one attached hydrogen (secondary N) is 1. The molecule has 3 rings (SSSR count). The topological polar surface area (TPSA) is 24.9 Å². The van der Waals surface area contributed by atoms with Crippen LogP contribution in [0.5, 0.6) is 0 Å². The van der Waals surface area contributed by atoms with Gasteiger partial charge in [0.2, 0.25) is 0 Å². The third-order valence-electron chi connectivity index (χ3n) is 3.78. The van der Waals surface area contributed by atoms with Gasteiger partial charge in [0.15, 0.2) is 0 Å². The number of benzene rings is 1. The zero-order chi connectivity index (χ0) is 12.5. The van der Waals surface area contributed by atoms with E-state index in [1.54, 1.807) is 0 Å². The molecule has 1 N–H and O–H groups in total. The van der Waals surface area contributed by atoms with Gasteiger partial charge in [0.1, 0.15) is 0 Å². The minimum Gasteiger partial charge on any atom is -0.317 e. The summed E-state index contributed by atoms with van der Waals surface area (Å²) in [5.41, 5.74) is 2.59. The summed E-state index contributed by atoms with van der Waals surface area (Å²) in [6.07, 6.45) is 2.47. The second kappa shape index (κ2) is 4.98. The van der Waals surface area contributed by atoms with Crippen LogP contribution in [0, 0.1) is 0 Å². The molecule has 1 aliphatic heterocycles. The molecule has 0 unspecified atom stereocenters. The number of fused-ring (bicyclic) bond motifs is 1. The SMILES string of the molecule is CC(C)c1ccc2sc(C3CCNCC3)nc2c1. The van der Waals surface area contributed by atoms with Crippen LogP contribution in [-0.2, 0) is 0 Å². The largest absolute Gasteiger partial charge is 0.317 e. The lowest BCUT2D eigenvalue weighted by molar-refractivity contribution is 0.459. The van der Waals surface area contributed by atoms with Gasteiger partial charge in [-0.15, -0.1) is 11.3 Å². The smallest absolute Gasteiger partial charge is 0.0970 e. The van der Waals surface area contributed by atoms with E-state index in [4.69, 9.17) is 4.98 Å². The molecule has 2 heterocycles. The van der Waals surface area contributed by atoms with Gasteiger partial charge in [-0.05, 0) is 49.5 Å². The zero-order valence-electron chi connectivity index (χ0n) is 11.1. The van der Waals surface area contributed by atoms with Crippen molar-refractivity contribution in [3.63, 3.8) is 0 Å². The van der Waals surface area contributed by atoms with Gasteiger partial charge < -0.3 is 5.32 Å². The van der Waals surface area contributed by atoms with Crippen LogP contribution >= 0.6 is 11.3 Å². The Balaban J connectivity index is 1.94. The highest BCUT2D eigenvalue weighted by Crippen LogP contribution is 2.33. The molecule has 0 amide bonds. The molecule has 96 valence electrons. The Labute approximate surface area is 112 Å². The van der Waals surface area contributed by atoms with Crippen molar-refractivity contribution in [1.82, 2.24) is 10.3 Å². The maximum Gasteiger partial charge on any atom is 0.0970 e. The van der Waals surface area contributed by atoms with E-state index < -0.39 is 0 Å². The quantitative estimate of drug-likeness (QED) is 0.886. The van der Waals surface area contributed by atoms with Gasteiger partial charge in [-0.1, -0.05) is 19.9 Å². The van der Waals surface area contributed by atoms with Crippen molar-refractivity contribution in [2.24, 2.45) is 0 Å². The van der Waals surface area contributed by atoms with E-state index in [1.807, 2.05) is 11.3 Å². The number of piperidine rings is 1. The molecule has 1 aromatic carbocycles. The molecule has 1 aliphatic rings. The van der Waals surface area contributed by atoms with Crippen molar-refractivity contribution >= 4 is 21.6 Å². The molecule has 0 saturated carbocycles. The van der Waals surface area contributed by atoms with E-state index in [0.29, 0.717) is 11.8 Å². The zero-order valence-corrected chi connectivity index (χ0v) is 11.9. The van der Waals surface area contributed by atoms with Crippen molar-refractivity contribution in [3.05, 3.63) is 28.8 Å². The molecule has 0 aliphatic carbocycles. The molecular formula is C15H20N2S. The molecule has 0 radical (unpaired) electrons. The maximum absolute atomic E-state index is 4.87. The fourth-order valence-corrected chi connectivity index (χ4v) is 3.68. The Morgan fingerprint density at radius 2 is 2.06 bits per heavy atom. The summed E-state index contributed by atoms with van der Waals surface area (Å²) in [5, 5.41) is 4.76. The minimum atomic E-state index is 0.582. The fourth-order valence-electron chi connectivity index (χ4n) is 2.56.